The molecule has 2 N–H and O–H groups in total. The SMILES string of the molecule is CN(CCN)C(c1ccccc1)(c1ccccc1)c1ccccc1. The van der Waals surface area contributed by atoms with Crippen LogP contribution in [-0.4, -0.2) is 25.0 Å². The minimum atomic E-state index is -0.358. The highest BCUT2D eigenvalue weighted by Gasteiger charge is 2.39. The molecular formula is C22H24N2. The molecule has 0 bridgehead atoms. The summed E-state index contributed by atoms with van der Waals surface area (Å²) in [5, 5.41) is 0. The second-order valence-electron chi connectivity index (χ2n) is 6.02. The van der Waals surface area contributed by atoms with Crippen molar-refractivity contribution in [1.29, 1.82) is 0 Å². The molecule has 3 aromatic carbocycles. The van der Waals surface area contributed by atoms with Crippen molar-refractivity contribution in [2.75, 3.05) is 20.1 Å². The lowest BCUT2D eigenvalue weighted by molar-refractivity contribution is 0.205. The molecule has 0 aromatic heterocycles. The Labute approximate surface area is 144 Å². The summed E-state index contributed by atoms with van der Waals surface area (Å²) in [6.45, 7) is 1.42. The molecule has 24 heavy (non-hydrogen) atoms. The number of nitrogens with two attached hydrogens (primary N) is 1. The lowest BCUT2D eigenvalue weighted by Crippen LogP contribution is -2.47. The van der Waals surface area contributed by atoms with Crippen LogP contribution >= 0.6 is 0 Å². The van der Waals surface area contributed by atoms with Crippen LogP contribution in [-0.2, 0) is 5.54 Å². The third kappa shape index (κ3) is 2.86. The fourth-order valence-electron chi connectivity index (χ4n) is 3.56. The van der Waals surface area contributed by atoms with Crippen LogP contribution in [0.15, 0.2) is 91.0 Å². The molecule has 0 fully saturated rings. The fourth-order valence-corrected chi connectivity index (χ4v) is 3.56. The number of hydrogen-bond acceptors (Lipinski definition) is 2. The van der Waals surface area contributed by atoms with Crippen molar-refractivity contribution in [3.8, 4) is 0 Å². The van der Waals surface area contributed by atoms with Gasteiger partial charge in [0.05, 0.1) is 5.54 Å². The molecule has 0 aliphatic heterocycles. The largest absolute Gasteiger partial charge is 0.329 e. The van der Waals surface area contributed by atoms with Gasteiger partial charge >= 0.3 is 0 Å². The van der Waals surface area contributed by atoms with Gasteiger partial charge in [-0.25, -0.2) is 0 Å². The van der Waals surface area contributed by atoms with Crippen LogP contribution in [0.1, 0.15) is 16.7 Å². The Bertz CT molecular complexity index is 642. The molecule has 0 heterocycles. The Kier molecular flexibility index (Phi) is 5.09. The number of likely N-dealkylation sites (N-methyl/N-ethyl adjacent to an activating group) is 1. The molecule has 3 aromatic rings. The van der Waals surface area contributed by atoms with Crippen LogP contribution in [0.2, 0.25) is 0 Å². The topological polar surface area (TPSA) is 29.3 Å². The highest BCUT2D eigenvalue weighted by molar-refractivity contribution is 5.49. The van der Waals surface area contributed by atoms with Crippen molar-refractivity contribution >= 4 is 0 Å². The summed E-state index contributed by atoms with van der Waals surface area (Å²) in [5.41, 5.74) is 9.31. The molecule has 0 saturated carbocycles. The van der Waals surface area contributed by atoms with Crippen LogP contribution in [0.25, 0.3) is 0 Å². The van der Waals surface area contributed by atoms with Gasteiger partial charge < -0.3 is 5.73 Å². The second-order valence-corrected chi connectivity index (χ2v) is 6.02. The summed E-state index contributed by atoms with van der Waals surface area (Å²) < 4.78 is 0. The molecule has 122 valence electrons. The van der Waals surface area contributed by atoms with Crippen LogP contribution in [0.5, 0.6) is 0 Å². The van der Waals surface area contributed by atoms with Crippen LogP contribution < -0.4 is 5.73 Å². The standard InChI is InChI=1S/C22H24N2/c1-24(18-17-23)22(19-11-5-2-6-12-19,20-13-7-3-8-14-20)21-15-9-4-10-16-21/h2-16H,17-18,23H2,1H3. The number of rotatable bonds is 6. The summed E-state index contributed by atoms with van der Waals surface area (Å²) in [6, 6.07) is 32.0. The average molecular weight is 316 g/mol. The number of benzene rings is 3. The average Bonchev–Trinajstić information content (AvgIpc) is 2.65. The van der Waals surface area contributed by atoms with E-state index >= 15 is 0 Å². The lowest BCUT2D eigenvalue weighted by Gasteiger charge is -2.43. The van der Waals surface area contributed by atoms with Crippen molar-refractivity contribution in [2.45, 2.75) is 5.54 Å². The van der Waals surface area contributed by atoms with Crippen molar-refractivity contribution in [3.63, 3.8) is 0 Å². The van der Waals surface area contributed by atoms with Crippen molar-refractivity contribution in [1.82, 2.24) is 4.90 Å². The normalized spacial score (nSPS) is 11.6. The van der Waals surface area contributed by atoms with E-state index in [1.54, 1.807) is 0 Å². The van der Waals surface area contributed by atoms with E-state index in [2.05, 4.69) is 103 Å². The van der Waals surface area contributed by atoms with E-state index in [0.29, 0.717) is 6.54 Å². The number of hydrogen-bond donors (Lipinski definition) is 1. The third-order valence-electron chi connectivity index (χ3n) is 4.61. The molecule has 0 aliphatic rings. The molecule has 3 rings (SSSR count). The summed E-state index contributed by atoms with van der Waals surface area (Å²) in [7, 11) is 2.15. The van der Waals surface area contributed by atoms with Gasteiger partial charge in [-0.3, -0.25) is 4.90 Å². The predicted octanol–water partition coefficient (Wildman–Crippen LogP) is 3.87. The molecular weight excluding hydrogens is 292 g/mol. The van der Waals surface area contributed by atoms with Crippen molar-refractivity contribution in [2.24, 2.45) is 5.73 Å². The first-order chi connectivity index (χ1) is 11.8. The van der Waals surface area contributed by atoms with Crippen LogP contribution in [0.4, 0.5) is 0 Å². The van der Waals surface area contributed by atoms with Crippen molar-refractivity contribution < 1.29 is 0 Å². The van der Waals surface area contributed by atoms with Gasteiger partial charge in [-0.2, -0.15) is 0 Å². The molecule has 2 heteroatoms. The number of nitrogens with zero attached hydrogens (tertiary/aromatic N) is 1. The van der Waals surface area contributed by atoms with E-state index in [4.69, 9.17) is 5.73 Å². The van der Waals surface area contributed by atoms with E-state index in [1.165, 1.54) is 16.7 Å². The zero-order valence-corrected chi connectivity index (χ0v) is 14.1. The monoisotopic (exact) mass is 316 g/mol. The van der Waals surface area contributed by atoms with Gasteiger partial charge in [0.15, 0.2) is 0 Å². The van der Waals surface area contributed by atoms with Crippen molar-refractivity contribution in [3.05, 3.63) is 108 Å². The summed E-state index contributed by atoms with van der Waals surface area (Å²) >= 11 is 0. The molecule has 0 amide bonds. The van der Waals surface area contributed by atoms with Gasteiger partial charge in [-0.05, 0) is 23.7 Å². The molecule has 0 aliphatic carbocycles. The quantitative estimate of drug-likeness (QED) is 0.700. The molecule has 0 radical (unpaired) electrons. The zero-order valence-electron chi connectivity index (χ0n) is 14.1. The van der Waals surface area contributed by atoms with E-state index in [9.17, 15) is 0 Å². The maximum Gasteiger partial charge on any atom is 0.0970 e. The van der Waals surface area contributed by atoms with Gasteiger partial charge in [0.1, 0.15) is 0 Å². The Morgan fingerprint density at radius 3 is 1.29 bits per heavy atom. The Morgan fingerprint density at radius 2 is 1.00 bits per heavy atom. The lowest BCUT2D eigenvalue weighted by atomic mass is 9.76. The molecule has 0 unspecified atom stereocenters. The molecule has 0 saturated heterocycles. The Hall–Kier alpha value is -2.42. The third-order valence-corrected chi connectivity index (χ3v) is 4.61. The van der Waals surface area contributed by atoms with E-state index < -0.39 is 0 Å². The minimum absolute atomic E-state index is 0.358. The highest BCUT2D eigenvalue weighted by Crippen LogP contribution is 2.41. The first kappa shape index (κ1) is 16.4. The van der Waals surface area contributed by atoms with Gasteiger partial charge in [-0.1, -0.05) is 91.0 Å². The van der Waals surface area contributed by atoms with E-state index in [0.717, 1.165) is 6.54 Å². The Morgan fingerprint density at radius 1 is 0.667 bits per heavy atom. The first-order valence-corrected chi connectivity index (χ1v) is 8.38. The summed E-state index contributed by atoms with van der Waals surface area (Å²) in [5.74, 6) is 0. The smallest absolute Gasteiger partial charge is 0.0970 e. The molecule has 0 spiro atoms. The highest BCUT2D eigenvalue weighted by atomic mass is 15.2. The van der Waals surface area contributed by atoms with Gasteiger partial charge in [-0.15, -0.1) is 0 Å². The second kappa shape index (κ2) is 7.43. The molecule has 2 nitrogen and oxygen atoms in total. The first-order valence-electron chi connectivity index (χ1n) is 8.38. The predicted molar refractivity (Wildman–Crippen MR) is 101 cm³/mol. The summed E-state index contributed by atoms with van der Waals surface area (Å²) in [4.78, 5) is 2.35. The van der Waals surface area contributed by atoms with E-state index in [1.807, 2.05) is 0 Å². The zero-order chi connectivity index (χ0) is 16.8. The van der Waals surface area contributed by atoms with Crippen LogP contribution in [0, 0.1) is 0 Å². The maximum atomic E-state index is 5.92. The summed E-state index contributed by atoms with van der Waals surface area (Å²) in [6.07, 6.45) is 0. The molecule has 0 atom stereocenters. The van der Waals surface area contributed by atoms with Crippen LogP contribution in [0.3, 0.4) is 0 Å². The Balaban J connectivity index is 2.33. The van der Waals surface area contributed by atoms with E-state index in [-0.39, 0.29) is 5.54 Å². The maximum absolute atomic E-state index is 5.92. The van der Waals surface area contributed by atoms with Gasteiger partial charge in [0.2, 0.25) is 0 Å². The fraction of sp³-hybridized carbons (Fsp3) is 0.182. The van der Waals surface area contributed by atoms with Gasteiger partial charge in [0, 0.05) is 13.1 Å². The van der Waals surface area contributed by atoms with Gasteiger partial charge in [0.25, 0.3) is 0 Å². The minimum Gasteiger partial charge on any atom is -0.329 e.